The molecule has 4 rings (SSSR count). The molecule has 0 saturated carbocycles. The molecule has 0 N–H and O–H groups in total. The number of thiazole rings is 1. The molecule has 7 nitrogen and oxygen atoms in total. The predicted octanol–water partition coefficient (Wildman–Crippen LogP) is 5.07. The molecule has 0 radical (unpaired) electrons. The standard InChI is InChI=1S/C25H24BrN3O4S2/c1-3-33-16-15-29-22-14-11-19(26)17-23(22)34-25(29)27-24(30)18-9-12-21(13-10-18)35(31,32)28(2)20-7-5-4-6-8-20/h4-14,17H,3,15-16H2,1-2H3. The lowest BCUT2D eigenvalue weighted by atomic mass is 10.2. The minimum Gasteiger partial charge on any atom is -0.380 e. The summed E-state index contributed by atoms with van der Waals surface area (Å²) in [4.78, 5) is 18.0. The highest BCUT2D eigenvalue weighted by Gasteiger charge is 2.21. The third-order valence-electron chi connectivity index (χ3n) is 5.38. The quantitative estimate of drug-likeness (QED) is 0.276. The monoisotopic (exact) mass is 573 g/mol. The van der Waals surface area contributed by atoms with E-state index in [1.165, 1.54) is 47.0 Å². The van der Waals surface area contributed by atoms with E-state index in [1.807, 2.05) is 35.8 Å². The van der Waals surface area contributed by atoms with Crippen LogP contribution in [-0.4, -0.2) is 39.2 Å². The van der Waals surface area contributed by atoms with Gasteiger partial charge in [0.2, 0.25) is 0 Å². The Balaban J connectivity index is 1.64. The number of anilines is 1. The van der Waals surface area contributed by atoms with Crippen LogP contribution in [0.4, 0.5) is 5.69 Å². The van der Waals surface area contributed by atoms with Crippen LogP contribution in [-0.2, 0) is 21.3 Å². The number of aromatic nitrogens is 1. The van der Waals surface area contributed by atoms with Gasteiger partial charge in [-0.2, -0.15) is 4.99 Å². The van der Waals surface area contributed by atoms with Crippen LogP contribution in [0, 0.1) is 0 Å². The zero-order valence-electron chi connectivity index (χ0n) is 19.2. The second kappa shape index (κ2) is 10.9. The molecule has 0 atom stereocenters. The Bertz CT molecular complexity index is 1510. The number of carbonyl (C=O) groups is 1. The topological polar surface area (TPSA) is 81.0 Å². The fourth-order valence-electron chi connectivity index (χ4n) is 3.50. The molecular formula is C25H24BrN3O4S2. The molecule has 0 spiro atoms. The SMILES string of the molecule is CCOCCn1c(=NC(=O)c2ccc(S(=O)(=O)N(C)c3ccccc3)cc2)sc2cc(Br)ccc21. The third kappa shape index (κ3) is 5.56. The van der Waals surface area contributed by atoms with E-state index < -0.39 is 15.9 Å². The fraction of sp³-hybridized carbons (Fsp3) is 0.200. The zero-order valence-corrected chi connectivity index (χ0v) is 22.4. The first-order valence-corrected chi connectivity index (χ1v) is 14.0. The van der Waals surface area contributed by atoms with Crippen molar-refractivity contribution in [1.29, 1.82) is 0 Å². The fourth-order valence-corrected chi connectivity index (χ4v) is 6.31. The number of sulfonamides is 1. The van der Waals surface area contributed by atoms with E-state index in [2.05, 4.69) is 20.9 Å². The lowest BCUT2D eigenvalue weighted by molar-refractivity contribution is 0.0996. The van der Waals surface area contributed by atoms with Crippen LogP contribution >= 0.6 is 27.3 Å². The van der Waals surface area contributed by atoms with Crippen LogP contribution in [0.3, 0.4) is 0 Å². The lowest BCUT2D eigenvalue weighted by Crippen LogP contribution is -2.26. The lowest BCUT2D eigenvalue weighted by Gasteiger charge is -2.19. The number of fused-ring (bicyclic) bond motifs is 1. The molecule has 0 fully saturated rings. The number of hydrogen-bond acceptors (Lipinski definition) is 5. The Kier molecular flexibility index (Phi) is 7.85. The molecular weight excluding hydrogens is 550 g/mol. The largest absolute Gasteiger partial charge is 0.380 e. The highest BCUT2D eigenvalue weighted by Crippen LogP contribution is 2.24. The summed E-state index contributed by atoms with van der Waals surface area (Å²) in [5.41, 5.74) is 1.83. The Morgan fingerprint density at radius 3 is 2.49 bits per heavy atom. The van der Waals surface area contributed by atoms with Gasteiger partial charge in [0.25, 0.3) is 15.9 Å². The zero-order chi connectivity index (χ0) is 25.0. The number of benzene rings is 3. The number of carbonyl (C=O) groups excluding carboxylic acids is 1. The van der Waals surface area contributed by atoms with Gasteiger partial charge in [0.05, 0.1) is 27.4 Å². The molecule has 0 unspecified atom stereocenters. The van der Waals surface area contributed by atoms with E-state index in [1.54, 1.807) is 24.3 Å². The van der Waals surface area contributed by atoms with Gasteiger partial charge in [-0.3, -0.25) is 9.10 Å². The van der Waals surface area contributed by atoms with Gasteiger partial charge in [-0.15, -0.1) is 0 Å². The van der Waals surface area contributed by atoms with Gasteiger partial charge in [0.1, 0.15) is 0 Å². The second-order valence-electron chi connectivity index (χ2n) is 7.59. The maximum absolute atomic E-state index is 13.0. The van der Waals surface area contributed by atoms with Crippen molar-refractivity contribution in [2.24, 2.45) is 4.99 Å². The van der Waals surface area contributed by atoms with E-state index in [0.717, 1.165) is 14.7 Å². The molecule has 3 aromatic carbocycles. The molecule has 0 aliphatic heterocycles. The summed E-state index contributed by atoms with van der Waals surface area (Å²) in [6.07, 6.45) is 0. The van der Waals surface area contributed by atoms with Gasteiger partial charge in [0.15, 0.2) is 4.80 Å². The third-order valence-corrected chi connectivity index (χ3v) is 8.72. The summed E-state index contributed by atoms with van der Waals surface area (Å²) in [5.74, 6) is -0.443. The summed E-state index contributed by atoms with van der Waals surface area (Å²) in [7, 11) is -2.26. The number of rotatable bonds is 8. The number of halogens is 1. The van der Waals surface area contributed by atoms with Crippen LogP contribution in [0.25, 0.3) is 10.2 Å². The normalized spacial score (nSPS) is 12.3. The van der Waals surface area contributed by atoms with Gasteiger partial charge in [-0.1, -0.05) is 45.5 Å². The highest BCUT2D eigenvalue weighted by molar-refractivity contribution is 9.10. The van der Waals surface area contributed by atoms with Crippen LogP contribution in [0.15, 0.2) is 87.2 Å². The van der Waals surface area contributed by atoms with Gasteiger partial charge in [-0.05, 0) is 61.5 Å². The van der Waals surface area contributed by atoms with E-state index in [0.29, 0.717) is 35.8 Å². The number of hydrogen-bond donors (Lipinski definition) is 0. The molecule has 0 saturated heterocycles. The summed E-state index contributed by atoms with van der Waals surface area (Å²) in [6.45, 7) is 3.60. The molecule has 1 heterocycles. The predicted molar refractivity (Wildman–Crippen MR) is 142 cm³/mol. The summed E-state index contributed by atoms with van der Waals surface area (Å²) >= 11 is 4.90. The average molecular weight is 575 g/mol. The van der Waals surface area contributed by atoms with E-state index in [-0.39, 0.29) is 4.90 Å². The van der Waals surface area contributed by atoms with E-state index >= 15 is 0 Å². The molecule has 182 valence electrons. The van der Waals surface area contributed by atoms with Gasteiger partial charge < -0.3 is 9.30 Å². The van der Waals surface area contributed by atoms with Crippen LogP contribution in [0.5, 0.6) is 0 Å². The van der Waals surface area contributed by atoms with Crippen LogP contribution in [0.1, 0.15) is 17.3 Å². The van der Waals surface area contributed by atoms with Crippen molar-refractivity contribution in [3.8, 4) is 0 Å². The van der Waals surface area contributed by atoms with Gasteiger partial charge in [0, 0.05) is 30.2 Å². The summed E-state index contributed by atoms with van der Waals surface area (Å²) in [6, 6.07) is 20.6. The minimum absolute atomic E-state index is 0.0962. The number of amides is 1. The molecule has 10 heteroatoms. The first-order valence-electron chi connectivity index (χ1n) is 10.9. The van der Waals surface area contributed by atoms with E-state index in [4.69, 9.17) is 4.74 Å². The highest BCUT2D eigenvalue weighted by atomic mass is 79.9. The molecule has 1 aromatic heterocycles. The minimum atomic E-state index is -3.76. The Labute approximate surface area is 216 Å². The van der Waals surface area contributed by atoms with Gasteiger partial charge >= 0.3 is 0 Å². The molecule has 0 bridgehead atoms. The van der Waals surface area contributed by atoms with Gasteiger partial charge in [-0.25, -0.2) is 8.42 Å². The van der Waals surface area contributed by atoms with E-state index in [9.17, 15) is 13.2 Å². The Morgan fingerprint density at radius 2 is 1.80 bits per heavy atom. The van der Waals surface area contributed by atoms with Crippen LogP contribution < -0.4 is 9.11 Å². The Hall–Kier alpha value is -2.79. The van der Waals surface area contributed by atoms with Crippen molar-refractivity contribution in [3.63, 3.8) is 0 Å². The molecule has 4 aromatic rings. The maximum atomic E-state index is 13.0. The van der Waals surface area contributed by atoms with Crippen LogP contribution in [0.2, 0.25) is 0 Å². The Morgan fingerprint density at radius 1 is 1.09 bits per heavy atom. The van der Waals surface area contributed by atoms with Crippen molar-refractivity contribution in [2.45, 2.75) is 18.4 Å². The first kappa shape index (κ1) is 25.3. The second-order valence-corrected chi connectivity index (χ2v) is 11.5. The van der Waals surface area contributed by atoms with Crippen molar-refractivity contribution in [2.75, 3.05) is 24.6 Å². The summed E-state index contributed by atoms with van der Waals surface area (Å²) in [5, 5.41) is 0. The number of para-hydroxylation sites is 1. The number of ether oxygens (including phenoxy) is 1. The smallest absolute Gasteiger partial charge is 0.279 e. The van der Waals surface area contributed by atoms with Crippen molar-refractivity contribution < 1.29 is 17.9 Å². The van der Waals surface area contributed by atoms with Crippen molar-refractivity contribution >= 4 is 59.1 Å². The van der Waals surface area contributed by atoms with Crippen molar-refractivity contribution in [1.82, 2.24) is 4.57 Å². The maximum Gasteiger partial charge on any atom is 0.279 e. The first-order chi connectivity index (χ1) is 16.8. The summed E-state index contributed by atoms with van der Waals surface area (Å²) < 4.78 is 36.6. The number of nitrogens with zero attached hydrogens (tertiary/aromatic N) is 3. The average Bonchev–Trinajstić information content (AvgIpc) is 3.20. The molecule has 0 aliphatic carbocycles. The molecule has 0 aliphatic rings. The molecule has 1 amide bonds. The molecule has 35 heavy (non-hydrogen) atoms. The van der Waals surface area contributed by atoms with Crippen molar-refractivity contribution in [3.05, 3.63) is 87.6 Å².